The molecule has 26 heavy (non-hydrogen) atoms. The Morgan fingerprint density at radius 1 is 0.923 bits per heavy atom. The van der Waals surface area contributed by atoms with E-state index in [9.17, 15) is 0 Å². The molecule has 2 nitrogen and oxygen atoms in total. The average Bonchev–Trinajstić information content (AvgIpc) is 3.19. The number of fused-ring (bicyclic) bond motifs is 3. The van der Waals surface area contributed by atoms with Gasteiger partial charge in [0.15, 0.2) is 0 Å². The van der Waals surface area contributed by atoms with Gasteiger partial charge in [-0.2, -0.15) is 0 Å². The summed E-state index contributed by atoms with van der Waals surface area (Å²) >= 11 is -2.47. The Balaban J connectivity index is 2.07. The second-order valence-electron chi connectivity index (χ2n) is 8.22. The Labute approximate surface area is 164 Å². The van der Waals surface area contributed by atoms with Crippen LogP contribution in [0.1, 0.15) is 70.4 Å². The van der Waals surface area contributed by atoms with Gasteiger partial charge in [0.25, 0.3) is 0 Å². The van der Waals surface area contributed by atoms with Gasteiger partial charge < -0.3 is 0 Å². The summed E-state index contributed by atoms with van der Waals surface area (Å²) in [4.78, 5) is 0. The molecule has 0 unspecified atom stereocenters. The summed E-state index contributed by atoms with van der Waals surface area (Å²) < 4.78 is 8.38. The number of hydrogen-bond donors (Lipinski definition) is 0. The normalized spacial score (nSPS) is 13.1. The molecule has 0 saturated carbocycles. The van der Waals surface area contributed by atoms with E-state index in [-0.39, 0.29) is 0 Å². The maximum absolute atomic E-state index is 5.27. The molecule has 0 fully saturated rings. The molecule has 3 heteroatoms. The first-order valence-electron chi connectivity index (χ1n) is 10.8. The molecule has 0 bridgehead atoms. The molecule has 1 aromatic carbocycles. The maximum atomic E-state index is 5.27. The zero-order valence-corrected chi connectivity index (χ0v) is 20.1. The molecular formula is C23H36N2Sn. The van der Waals surface area contributed by atoms with Crippen molar-refractivity contribution in [2.75, 3.05) is 0 Å². The molecule has 1 heterocycles. The topological polar surface area (TPSA) is 17.8 Å². The van der Waals surface area contributed by atoms with E-state index in [1.807, 2.05) is 0 Å². The van der Waals surface area contributed by atoms with Crippen molar-refractivity contribution in [2.45, 2.75) is 79.0 Å². The summed E-state index contributed by atoms with van der Waals surface area (Å²) in [6.07, 6.45) is 9.31. The van der Waals surface area contributed by atoms with Crippen LogP contribution in [0.5, 0.6) is 0 Å². The minimum absolute atomic E-state index is 1.12. The van der Waals surface area contributed by atoms with Crippen LogP contribution in [-0.2, 0) is 13.5 Å². The van der Waals surface area contributed by atoms with Crippen molar-refractivity contribution in [3.8, 4) is 11.3 Å². The number of aromatic nitrogens is 2. The van der Waals surface area contributed by atoms with Crippen molar-refractivity contribution >= 4 is 22.1 Å². The van der Waals surface area contributed by atoms with E-state index < -0.39 is 18.4 Å². The fraction of sp³-hybridized carbons (Fsp3) is 0.609. The van der Waals surface area contributed by atoms with E-state index >= 15 is 0 Å². The van der Waals surface area contributed by atoms with Gasteiger partial charge in [-0.05, 0) is 0 Å². The van der Waals surface area contributed by atoms with E-state index in [1.165, 1.54) is 68.7 Å². The SMILES string of the molecule is CCC[CH2][Sn]([CH2]CCC)([CH2]CCC)[c]1nn(C)c2c1Cc1ccccc1-2. The second-order valence-corrected chi connectivity index (χ2v) is 21.2. The third-order valence-electron chi connectivity index (χ3n) is 6.31. The number of rotatable bonds is 10. The molecule has 0 saturated heterocycles. The molecule has 3 rings (SSSR count). The minimum atomic E-state index is -2.47. The number of aryl methyl sites for hydroxylation is 1. The molecule has 0 N–H and O–H groups in total. The van der Waals surface area contributed by atoms with Gasteiger partial charge in [0.05, 0.1) is 0 Å². The van der Waals surface area contributed by atoms with Gasteiger partial charge >= 0.3 is 165 Å². The number of unbranched alkanes of at least 4 members (excludes halogenated alkanes) is 3. The molecule has 0 atom stereocenters. The molecular weight excluding hydrogens is 423 g/mol. The fourth-order valence-electron chi connectivity index (χ4n) is 4.87. The molecule has 2 aromatic rings. The summed E-state index contributed by atoms with van der Waals surface area (Å²) in [6.45, 7) is 7.07. The Bertz CT molecular complexity index is 710. The first-order chi connectivity index (χ1) is 12.7. The van der Waals surface area contributed by atoms with Crippen molar-refractivity contribution in [1.82, 2.24) is 9.78 Å². The van der Waals surface area contributed by atoms with Crippen LogP contribution in [0.25, 0.3) is 11.3 Å². The predicted molar refractivity (Wildman–Crippen MR) is 116 cm³/mol. The molecule has 0 spiro atoms. The fourth-order valence-corrected chi connectivity index (χ4v) is 21.3. The van der Waals surface area contributed by atoms with Crippen LogP contribution in [-0.4, -0.2) is 28.2 Å². The van der Waals surface area contributed by atoms with Crippen LogP contribution < -0.4 is 3.71 Å². The monoisotopic (exact) mass is 460 g/mol. The Morgan fingerprint density at radius 3 is 2.08 bits per heavy atom. The van der Waals surface area contributed by atoms with Crippen molar-refractivity contribution in [2.24, 2.45) is 7.05 Å². The second kappa shape index (κ2) is 8.95. The Kier molecular flexibility index (Phi) is 6.87. The predicted octanol–water partition coefficient (Wildman–Crippen LogP) is 6.05. The summed E-state index contributed by atoms with van der Waals surface area (Å²) in [6, 6.07) is 9.00. The third-order valence-corrected chi connectivity index (χ3v) is 21.6. The van der Waals surface area contributed by atoms with Gasteiger partial charge in [0, 0.05) is 0 Å². The van der Waals surface area contributed by atoms with Crippen molar-refractivity contribution in [1.29, 1.82) is 0 Å². The van der Waals surface area contributed by atoms with E-state index in [0.717, 1.165) is 6.42 Å². The van der Waals surface area contributed by atoms with Gasteiger partial charge in [0.2, 0.25) is 0 Å². The van der Waals surface area contributed by atoms with Crippen LogP contribution >= 0.6 is 0 Å². The quantitative estimate of drug-likeness (QED) is 0.338. The summed E-state index contributed by atoms with van der Waals surface area (Å²) in [5, 5.41) is 5.27. The van der Waals surface area contributed by atoms with Crippen molar-refractivity contribution in [3.05, 3.63) is 35.4 Å². The first kappa shape index (κ1) is 20.0. The molecule has 1 aliphatic rings. The number of nitrogens with zero attached hydrogens (tertiary/aromatic N) is 2. The number of hydrogen-bond acceptors (Lipinski definition) is 1. The van der Waals surface area contributed by atoms with Gasteiger partial charge in [-0.1, -0.05) is 0 Å². The summed E-state index contributed by atoms with van der Waals surface area (Å²) in [5.41, 5.74) is 6.00. The van der Waals surface area contributed by atoms with Crippen molar-refractivity contribution in [3.63, 3.8) is 0 Å². The molecule has 0 aliphatic heterocycles. The number of benzene rings is 1. The van der Waals surface area contributed by atoms with E-state index in [1.54, 1.807) is 9.27 Å². The zero-order valence-electron chi connectivity index (χ0n) is 17.3. The van der Waals surface area contributed by atoms with E-state index in [0.29, 0.717) is 0 Å². The summed E-state index contributed by atoms with van der Waals surface area (Å²) in [5.74, 6) is 0. The molecule has 1 aliphatic carbocycles. The Morgan fingerprint density at radius 2 is 1.50 bits per heavy atom. The van der Waals surface area contributed by atoms with Gasteiger partial charge in [0.1, 0.15) is 0 Å². The standard InChI is InChI=1S/C11H9N2.3C4H9.Sn/c1-13-11-9(7-12-13)6-8-4-2-3-5-10(8)11;3*1-3-4-2;/h2-5H,6H2,1H3;3*1,3-4H2,2H3;. The van der Waals surface area contributed by atoms with Crippen LogP contribution in [0.4, 0.5) is 0 Å². The van der Waals surface area contributed by atoms with Crippen LogP contribution in [0, 0.1) is 0 Å². The van der Waals surface area contributed by atoms with Crippen LogP contribution in [0.2, 0.25) is 13.3 Å². The van der Waals surface area contributed by atoms with Gasteiger partial charge in [-0.3, -0.25) is 0 Å². The molecule has 1 aromatic heterocycles. The molecule has 142 valence electrons. The van der Waals surface area contributed by atoms with Crippen molar-refractivity contribution < 1.29 is 0 Å². The van der Waals surface area contributed by atoms with Gasteiger partial charge in [-0.25, -0.2) is 0 Å². The summed E-state index contributed by atoms with van der Waals surface area (Å²) in [7, 11) is 2.18. The zero-order chi connectivity index (χ0) is 18.6. The average molecular weight is 459 g/mol. The Hall–Kier alpha value is -0.771. The van der Waals surface area contributed by atoms with Crippen LogP contribution in [0.15, 0.2) is 24.3 Å². The van der Waals surface area contributed by atoms with Gasteiger partial charge in [-0.15, -0.1) is 0 Å². The third kappa shape index (κ3) is 3.76. The van der Waals surface area contributed by atoms with E-state index in [2.05, 4.69) is 56.8 Å². The first-order valence-corrected chi connectivity index (χ1v) is 18.3. The van der Waals surface area contributed by atoms with Crippen LogP contribution in [0.3, 0.4) is 0 Å². The molecule has 0 amide bonds. The van der Waals surface area contributed by atoms with E-state index in [4.69, 9.17) is 5.10 Å². The molecule has 0 radical (unpaired) electrons.